The largest absolute Gasteiger partial charge is 0.338 e. The van der Waals surface area contributed by atoms with Gasteiger partial charge in [-0.05, 0) is 56.0 Å². The molecule has 2 aromatic carbocycles. The molecule has 1 N–H and O–H groups in total. The zero-order valence-corrected chi connectivity index (χ0v) is 18.2. The monoisotopic (exact) mass is 441 g/mol. The SMILES string of the molecule is O=C(Nc1ccccc1)[C@H]1CCCN(C(=O)c2cccc(S(=O)(=O)N3CCCC3)c2)C1. The van der Waals surface area contributed by atoms with Gasteiger partial charge in [-0.25, -0.2) is 8.42 Å². The first-order chi connectivity index (χ1) is 14.9. The normalized spacial score (nSPS) is 19.9. The van der Waals surface area contributed by atoms with E-state index in [0.29, 0.717) is 38.2 Å². The third-order valence-corrected chi connectivity index (χ3v) is 7.80. The minimum Gasteiger partial charge on any atom is -0.338 e. The maximum Gasteiger partial charge on any atom is 0.253 e. The molecule has 0 saturated carbocycles. The van der Waals surface area contributed by atoms with E-state index in [4.69, 9.17) is 0 Å². The molecule has 2 saturated heterocycles. The summed E-state index contributed by atoms with van der Waals surface area (Å²) in [4.78, 5) is 27.6. The topological polar surface area (TPSA) is 86.8 Å². The highest BCUT2D eigenvalue weighted by molar-refractivity contribution is 7.89. The van der Waals surface area contributed by atoms with Crippen LogP contribution in [0.1, 0.15) is 36.0 Å². The van der Waals surface area contributed by atoms with Crippen molar-refractivity contribution in [1.29, 1.82) is 0 Å². The number of likely N-dealkylation sites (tertiary alicyclic amines) is 1. The molecule has 31 heavy (non-hydrogen) atoms. The van der Waals surface area contributed by atoms with Gasteiger partial charge in [-0.2, -0.15) is 4.31 Å². The van der Waals surface area contributed by atoms with Crippen LogP contribution in [0.3, 0.4) is 0 Å². The number of rotatable bonds is 5. The minimum absolute atomic E-state index is 0.103. The molecule has 0 aromatic heterocycles. The molecule has 0 spiro atoms. The van der Waals surface area contributed by atoms with Crippen LogP contribution in [-0.4, -0.2) is 55.6 Å². The second kappa shape index (κ2) is 9.20. The molecule has 0 aliphatic carbocycles. The maximum atomic E-state index is 13.1. The number of benzene rings is 2. The Balaban J connectivity index is 1.46. The highest BCUT2D eigenvalue weighted by atomic mass is 32.2. The number of nitrogens with one attached hydrogen (secondary N) is 1. The van der Waals surface area contributed by atoms with Crippen molar-refractivity contribution in [2.45, 2.75) is 30.6 Å². The van der Waals surface area contributed by atoms with E-state index in [1.165, 1.54) is 16.4 Å². The molecule has 0 unspecified atom stereocenters. The second-order valence-corrected chi connectivity index (χ2v) is 10.0. The van der Waals surface area contributed by atoms with Gasteiger partial charge in [0.2, 0.25) is 15.9 Å². The number of hydrogen-bond acceptors (Lipinski definition) is 4. The molecule has 2 fully saturated rings. The van der Waals surface area contributed by atoms with Gasteiger partial charge in [-0.1, -0.05) is 24.3 Å². The Labute approximate surface area is 183 Å². The first-order valence-corrected chi connectivity index (χ1v) is 12.1. The summed E-state index contributed by atoms with van der Waals surface area (Å²) >= 11 is 0. The van der Waals surface area contributed by atoms with Gasteiger partial charge in [-0.15, -0.1) is 0 Å². The number of nitrogens with zero attached hydrogens (tertiary/aromatic N) is 2. The quantitative estimate of drug-likeness (QED) is 0.773. The number of carbonyl (C=O) groups is 2. The van der Waals surface area contributed by atoms with Gasteiger partial charge in [0.25, 0.3) is 5.91 Å². The summed E-state index contributed by atoms with van der Waals surface area (Å²) in [7, 11) is -3.59. The lowest BCUT2D eigenvalue weighted by Gasteiger charge is -2.32. The van der Waals surface area contributed by atoms with Gasteiger partial charge >= 0.3 is 0 Å². The molecular weight excluding hydrogens is 414 g/mol. The van der Waals surface area contributed by atoms with Gasteiger partial charge in [0.1, 0.15) is 0 Å². The Kier molecular flexibility index (Phi) is 6.38. The molecule has 0 radical (unpaired) electrons. The van der Waals surface area contributed by atoms with E-state index >= 15 is 0 Å². The molecule has 2 amide bonds. The average Bonchev–Trinajstić information content (AvgIpc) is 3.35. The Morgan fingerprint density at radius 3 is 2.39 bits per heavy atom. The predicted octanol–water partition coefficient (Wildman–Crippen LogP) is 2.96. The predicted molar refractivity (Wildman–Crippen MR) is 118 cm³/mol. The molecule has 2 aromatic rings. The van der Waals surface area contributed by atoms with Crippen LogP contribution in [0.25, 0.3) is 0 Å². The summed E-state index contributed by atoms with van der Waals surface area (Å²) in [6.45, 7) is 1.91. The van der Waals surface area contributed by atoms with E-state index in [1.54, 1.807) is 17.0 Å². The fourth-order valence-electron chi connectivity index (χ4n) is 4.19. The lowest BCUT2D eigenvalue weighted by atomic mass is 9.96. The minimum atomic E-state index is -3.59. The average molecular weight is 442 g/mol. The van der Waals surface area contributed by atoms with Crippen molar-refractivity contribution >= 4 is 27.5 Å². The van der Waals surface area contributed by atoms with Crippen LogP contribution < -0.4 is 5.32 Å². The molecular formula is C23H27N3O4S. The number of piperidine rings is 1. The van der Waals surface area contributed by atoms with E-state index in [1.807, 2.05) is 30.3 Å². The Hall–Kier alpha value is -2.71. The number of hydrogen-bond donors (Lipinski definition) is 1. The first kappa shape index (κ1) is 21.5. The number of carbonyl (C=O) groups excluding carboxylic acids is 2. The van der Waals surface area contributed by atoms with Crippen LogP contribution >= 0.6 is 0 Å². The third kappa shape index (κ3) is 4.80. The van der Waals surface area contributed by atoms with Gasteiger partial charge in [0.15, 0.2) is 0 Å². The highest BCUT2D eigenvalue weighted by Gasteiger charge is 2.31. The van der Waals surface area contributed by atoms with Crippen LogP contribution in [-0.2, 0) is 14.8 Å². The highest BCUT2D eigenvalue weighted by Crippen LogP contribution is 2.24. The van der Waals surface area contributed by atoms with Crippen LogP contribution in [0.5, 0.6) is 0 Å². The van der Waals surface area contributed by atoms with E-state index in [2.05, 4.69) is 5.32 Å². The smallest absolute Gasteiger partial charge is 0.253 e. The van der Waals surface area contributed by atoms with E-state index < -0.39 is 10.0 Å². The summed E-state index contributed by atoms with van der Waals surface area (Å²) in [5.41, 5.74) is 1.07. The van der Waals surface area contributed by atoms with Crippen LogP contribution in [0.4, 0.5) is 5.69 Å². The Bertz CT molecular complexity index is 1050. The fraction of sp³-hybridized carbons (Fsp3) is 0.391. The number of para-hydroxylation sites is 1. The molecule has 4 rings (SSSR count). The zero-order valence-electron chi connectivity index (χ0n) is 17.4. The molecule has 2 heterocycles. The van der Waals surface area contributed by atoms with E-state index in [0.717, 1.165) is 24.9 Å². The van der Waals surface area contributed by atoms with Crippen molar-refractivity contribution < 1.29 is 18.0 Å². The van der Waals surface area contributed by atoms with Gasteiger partial charge < -0.3 is 10.2 Å². The maximum absolute atomic E-state index is 13.1. The summed E-state index contributed by atoms with van der Waals surface area (Å²) in [5, 5.41) is 2.91. The van der Waals surface area contributed by atoms with Crippen molar-refractivity contribution in [1.82, 2.24) is 9.21 Å². The molecule has 8 heteroatoms. The summed E-state index contributed by atoms with van der Waals surface area (Å²) in [5.74, 6) is -0.640. The Morgan fingerprint density at radius 1 is 0.903 bits per heavy atom. The first-order valence-electron chi connectivity index (χ1n) is 10.7. The second-order valence-electron chi connectivity index (χ2n) is 8.08. The van der Waals surface area contributed by atoms with Crippen LogP contribution in [0, 0.1) is 5.92 Å². The number of anilines is 1. The molecule has 2 aliphatic heterocycles. The van der Waals surface area contributed by atoms with Crippen LogP contribution in [0.15, 0.2) is 59.5 Å². The molecule has 7 nitrogen and oxygen atoms in total. The van der Waals surface area contributed by atoms with Crippen LogP contribution in [0.2, 0.25) is 0 Å². The Morgan fingerprint density at radius 2 is 1.65 bits per heavy atom. The van der Waals surface area contributed by atoms with Gasteiger partial charge in [-0.3, -0.25) is 9.59 Å². The van der Waals surface area contributed by atoms with E-state index in [-0.39, 0.29) is 22.6 Å². The number of amides is 2. The molecule has 2 aliphatic rings. The van der Waals surface area contributed by atoms with Crippen molar-refractivity contribution in [3.63, 3.8) is 0 Å². The number of sulfonamides is 1. The molecule has 164 valence electrons. The third-order valence-electron chi connectivity index (χ3n) is 5.90. The van der Waals surface area contributed by atoms with Gasteiger partial charge in [0.05, 0.1) is 10.8 Å². The summed E-state index contributed by atoms with van der Waals surface area (Å²) in [6, 6.07) is 15.5. The van der Waals surface area contributed by atoms with Crippen molar-refractivity contribution in [3.8, 4) is 0 Å². The molecule has 1 atom stereocenters. The molecule has 0 bridgehead atoms. The van der Waals surface area contributed by atoms with Crippen molar-refractivity contribution in [3.05, 3.63) is 60.2 Å². The standard InChI is InChI=1S/C23H27N3O4S/c27-22(24-20-10-2-1-3-11-20)19-9-7-13-25(17-19)23(28)18-8-6-12-21(16-18)31(29,30)26-14-4-5-15-26/h1-3,6,8,10-12,16,19H,4-5,7,9,13-15,17H2,(H,24,27)/t19-/m0/s1. The van der Waals surface area contributed by atoms with E-state index in [9.17, 15) is 18.0 Å². The lowest BCUT2D eigenvalue weighted by molar-refractivity contribution is -0.121. The van der Waals surface area contributed by atoms with Gasteiger partial charge in [0, 0.05) is 37.4 Å². The van der Waals surface area contributed by atoms with Crippen molar-refractivity contribution in [2.75, 3.05) is 31.5 Å². The summed E-state index contributed by atoms with van der Waals surface area (Å²) < 4.78 is 27.2. The van der Waals surface area contributed by atoms with Crippen molar-refractivity contribution in [2.24, 2.45) is 5.92 Å². The lowest BCUT2D eigenvalue weighted by Crippen LogP contribution is -2.43. The fourth-order valence-corrected chi connectivity index (χ4v) is 5.75. The summed E-state index contributed by atoms with van der Waals surface area (Å²) in [6.07, 6.45) is 3.16. The zero-order chi connectivity index (χ0) is 21.8.